The molecule has 0 aliphatic rings. The van der Waals surface area contributed by atoms with Crippen LogP contribution in [0.3, 0.4) is 0 Å². The van der Waals surface area contributed by atoms with Crippen LogP contribution < -0.4 is 15.2 Å². The molecule has 0 aliphatic heterocycles. The van der Waals surface area contributed by atoms with E-state index in [4.69, 9.17) is 0 Å². The zero-order chi connectivity index (χ0) is 21.6. The lowest BCUT2D eigenvalue weighted by atomic mass is 10.0. The number of anilines is 2. The quantitative estimate of drug-likeness (QED) is 0.370. The van der Waals surface area contributed by atoms with Gasteiger partial charge in [-0.25, -0.2) is 0 Å². The first-order valence-electron chi connectivity index (χ1n) is 9.45. The van der Waals surface area contributed by atoms with Crippen LogP contribution in [0.25, 0.3) is 0 Å². The fourth-order valence-electron chi connectivity index (χ4n) is 2.82. The highest BCUT2D eigenvalue weighted by Crippen LogP contribution is 2.19. The van der Waals surface area contributed by atoms with E-state index in [1.54, 1.807) is 6.92 Å². The maximum atomic E-state index is 11.4. The summed E-state index contributed by atoms with van der Waals surface area (Å²) in [6, 6.07) is 16.0. The van der Waals surface area contributed by atoms with Gasteiger partial charge in [0, 0.05) is 50.7 Å². The summed E-state index contributed by atoms with van der Waals surface area (Å²) in [5, 5.41) is 3.58. The third-order valence-electron chi connectivity index (χ3n) is 4.70. The van der Waals surface area contributed by atoms with Crippen LogP contribution in [0.5, 0.6) is 0 Å². The lowest BCUT2D eigenvalue weighted by Gasteiger charge is -2.16. The number of hydrazone groups is 1. The highest BCUT2D eigenvalue weighted by molar-refractivity contribution is 7.86. The van der Waals surface area contributed by atoms with Crippen LogP contribution in [-0.2, 0) is 10.1 Å². The predicted octanol–water partition coefficient (Wildman–Crippen LogP) is 2.83. The molecule has 29 heavy (non-hydrogen) atoms. The first-order chi connectivity index (χ1) is 13.6. The van der Waals surface area contributed by atoms with E-state index in [9.17, 15) is 13.0 Å². The molecule has 0 aromatic heterocycles. The highest BCUT2D eigenvalue weighted by atomic mass is 32.2. The van der Waals surface area contributed by atoms with Crippen LogP contribution in [-0.4, -0.2) is 58.7 Å². The van der Waals surface area contributed by atoms with Crippen molar-refractivity contribution in [3.05, 3.63) is 59.7 Å². The molecule has 1 atom stereocenters. The normalized spacial score (nSPS) is 12.2. The average Bonchev–Trinajstić information content (AvgIpc) is 2.67. The van der Waals surface area contributed by atoms with Crippen LogP contribution in [0.2, 0.25) is 0 Å². The van der Waals surface area contributed by atoms with Crippen molar-refractivity contribution in [3.63, 3.8) is 0 Å². The van der Waals surface area contributed by atoms with E-state index in [2.05, 4.69) is 10.5 Å². The Kier molecular flexibility index (Phi) is 7.64. The number of hydrogen-bond acceptors (Lipinski definition) is 6. The summed E-state index contributed by atoms with van der Waals surface area (Å²) >= 11 is 0. The molecule has 0 heterocycles. The average molecular weight is 419 g/mol. The first-order valence-corrected chi connectivity index (χ1v) is 11.0. The van der Waals surface area contributed by atoms with Crippen LogP contribution in [0.15, 0.2) is 53.6 Å². The summed E-state index contributed by atoms with van der Waals surface area (Å²) in [6.45, 7) is 1.75. The van der Waals surface area contributed by atoms with Crippen molar-refractivity contribution in [3.8, 4) is 0 Å². The molecule has 0 spiro atoms. The highest BCUT2D eigenvalue weighted by Gasteiger charge is 2.20. The van der Waals surface area contributed by atoms with Gasteiger partial charge in [-0.1, -0.05) is 31.2 Å². The van der Waals surface area contributed by atoms with Gasteiger partial charge in [0.15, 0.2) is 0 Å². The van der Waals surface area contributed by atoms with E-state index in [-0.39, 0.29) is 6.54 Å². The summed E-state index contributed by atoms with van der Waals surface area (Å²) in [6.07, 6.45) is 0.297. The molecule has 158 valence electrons. The van der Waals surface area contributed by atoms with Crippen molar-refractivity contribution in [2.45, 2.75) is 18.6 Å². The molecule has 1 unspecified atom stereocenters. The van der Waals surface area contributed by atoms with Crippen LogP contribution in [0.4, 0.5) is 11.4 Å². The molecular weight excluding hydrogens is 388 g/mol. The van der Waals surface area contributed by atoms with Gasteiger partial charge in [0.2, 0.25) is 0 Å². The topological polar surface area (TPSA) is 85.2 Å². The Morgan fingerprint density at radius 3 is 1.66 bits per heavy atom. The van der Waals surface area contributed by atoms with Crippen molar-refractivity contribution in [2.24, 2.45) is 5.10 Å². The summed E-state index contributed by atoms with van der Waals surface area (Å²) in [5.74, 6) is 0. The van der Waals surface area contributed by atoms with Crippen molar-refractivity contribution in [1.29, 1.82) is 0 Å². The molecule has 0 fully saturated rings. The van der Waals surface area contributed by atoms with E-state index in [1.165, 1.54) is 0 Å². The van der Waals surface area contributed by atoms with Gasteiger partial charge in [0.1, 0.15) is 5.25 Å². The fraction of sp³-hybridized carbons (Fsp3) is 0.381. The van der Waals surface area contributed by atoms with Crippen LogP contribution >= 0.6 is 0 Å². The van der Waals surface area contributed by atoms with Crippen molar-refractivity contribution < 1.29 is 13.0 Å². The molecular formula is C21H30N4O3S. The molecule has 0 bridgehead atoms. The Hall–Kier alpha value is -2.58. The van der Waals surface area contributed by atoms with Crippen molar-refractivity contribution in [1.82, 2.24) is 5.43 Å². The molecule has 2 rings (SSSR count). The molecule has 0 radical (unpaired) electrons. The molecule has 2 N–H and O–H groups in total. The minimum absolute atomic E-state index is 0.0321. The largest absolute Gasteiger partial charge is 0.378 e. The lowest BCUT2D eigenvalue weighted by molar-refractivity contribution is 0.459. The number of hydrogen-bond donors (Lipinski definition) is 2. The van der Waals surface area contributed by atoms with Gasteiger partial charge in [-0.2, -0.15) is 13.5 Å². The molecule has 0 saturated heterocycles. The van der Waals surface area contributed by atoms with E-state index in [0.29, 0.717) is 12.1 Å². The number of benzene rings is 2. The van der Waals surface area contributed by atoms with Gasteiger partial charge in [-0.05, 0) is 30.7 Å². The summed E-state index contributed by atoms with van der Waals surface area (Å²) in [5.41, 5.74) is 7.49. The van der Waals surface area contributed by atoms with Gasteiger partial charge in [0.25, 0.3) is 10.1 Å². The first kappa shape index (κ1) is 22.7. The standard InChI is InChI=1S/C21H30N4O3S/c1-6-20(29(26,27)28)15-22-23-21(16-7-11-18(12-8-16)24(2)3)17-9-13-19(14-10-17)25(4)5/h7-14,20,22H,6,15H2,1-5H3,(H,26,27,28). The van der Waals surface area contributed by atoms with Crippen molar-refractivity contribution in [2.75, 3.05) is 44.5 Å². The molecule has 0 saturated carbocycles. The number of rotatable bonds is 9. The third kappa shape index (κ3) is 6.20. The second-order valence-electron chi connectivity index (χ2n) is 7.25. The Morgan fingerprint density at radius 1 is 0.931 bits per heavy atom. The molecule has 7 nitrogen and oxygen atoms in total. The second kappa shape index (κ2) is 9.76. The van der Waals surface area contributed by atoms with Gasteiger partial charge < -0.3 is 15.2 Å². The summed E-state index contributed by atoms with van der Waals surface area (Å²) in [7, 11) is 3.80. The lowest BCUT2D eigenvalue weighted by Crippen LogP contribution is -2.31. The SMILES string of the molecule is CCC(CNN=C(c1ccc(N(C)C)cc1)c1ccc(N(C)C)cc1)S(=O)(=O)O. The Bertz CT molecular complexity index is 868. The van der Waals surface area contributed by atoms with Gasteiger partial charge in [0.05, 0.1) is 12.3 Å². The summed E-state index contributed by atoms with van der Waals surface area (Å²) in [4.78, 5) is 4.03. The molecule has 2 aromatic carbocycles. The molecule has 0 amide bonds. The minimum atomic E-state index is -4.12. The zero-order valence-electron chi connectivity index (χ0n) is 17.6. The summed E-state index contributed by atoms with van der Waals surface area (Å²) < 4.78 is 32.2. The second-order valence-corrected chi connectivity index (χ2v) is 8.95. The molecule has 8 heteroatoms. The van der Waals surface area contributed by atoms with Gasteiger partial charge in [-0.3, -0.25) is 4.55 Å². The third-order valence-corrected chi connectivity index (χ3v) is 6.04. The van der Waals surface area contributed by atoms with E-state index in [0.717, 1.165) is 22.5 Å². The maximum Gasteiger partial charge on any atom is 0.269 e. The number of nitrogens with one attached hydrogen (secondary N) is 1. The minimum Gasteiger partial charge on any atom is -0.378 e. The van der Waals surface area contributed by atoms with E-state index >= 15 is 0 Å². The van der Waals surface area contributed by atoms with Gasteiger partial charge in [-0.15, -0.1) is 0 Å². The van der Waals surface area contributed by atoms with Crippen LogP contribution in [0.1, 0.15) is 24.5 Å². The smallest absolute Gasteiger partial charge is 0.269 e. The monoisotopic (exact) mass is 418 g/mol. The van der Waals surface area contributed by atoms with E-state index in [1.807, 2.05) is 86.5 Å². The molecule has 0 aliphatic carbocycles. The number of nitrogens with zero attached hydrogens (tertiary/aromatic N) is 3. The maximum absolute atomic E-state index is 11.4. The Labute approximate surface area is 173 Å². The van der Waals surface area contributed by atoms with Gasteiger partial charge >= 0.3 is 0 Å². The Balaban J connectivity index is 2.36. The molecule has 2 aromatic rings. The predicted molar refractivity (Wildman–Crippen MR) is 121 cm³/mol. The van der Waals surface area contributed by atoms with Crippen molar-refractivity contribution >= 4 is 27.2 Å². The van der Waals surface area contributed by atoms with Crippen LogP contribution in [0, 0.1) is 0 Å². The Morgan fingerprint density at radius 2 is 1.34 bits per heavy atom. The fourth-order valence-corrected chi connectivity index (χ4v) is 3.52. The zero-order valence-corrected chi connectivity index (χ0v) is 18.4. The van der Waals surface area contributed by atoms with E-state index < -0.39 is 15.4 Å².